The molecule has 0 aliphatic rings. The second kappa shape index (κ2) is 9.43. The van der Waals surface area contributed by atoms with E-state index < -0.39 is 70.8 Å². The zero-order chi connectivity index (χ0) is 25.9. The zero-order valence-electron chi connectivity index (χ0n) is 16.8. The average molecular weight is 494 g/mol. The van der Waals surface area contributed by atoms with Crippen LogP contribution in [0, 0.1) is 0 Å². The molecule has 0 N–H and O–H groups in total. The van der Waals surface area contributed by atoms with Gasteiger partial charge in [0.1, 0.15) is 0 Å². The number of rotatable bonds is 11. The molecule has 0 aliphatic carbocycles. The normalized spacial score (nSPS) is 12.8. The maximum Gasteiger partial charge on any atom is 0.386 e. The van der Waals surface area contributed by atoms with Gasteiger partial charge in [0.2, 0.25) is 11.6 Å². The van der Waals surface area contributed by atoms with Crippen molar-refractivity contribution in [2.75, 3.05) is 0 Å². The molecule has 0 saturated heterocycles. The van der Waals surface area contributed by atoms with Crippen LogP contribution in [0.15, 0.2) is 60.7 Å². The van der Waals surface area contributed by atoms with Gasteiger partial charge >= 0.3 is 23.7 Å². The first-order valence-corrected chi connectivity index (χ1v) is 9.31. The van der Waals surface area contributed by atoms with Crippen molar-refractivity contribution in [2.45, 2.75) is 36.5 Å². The van der Waals surface area contributed by atoms with E-state index in [0.29, 0.717) is 0 Å². The highest BCUT2D eigenvalue weighted by Gasteiger charge is 2.83. The van der Waals surface area contributed by atoms with Gasteiger partial charge in [0.15, 0.2) is 11.6 Å². The summed E-state index contributed by atoms with van der Waals surface area (Å²) in [5.41, 5.74) is -0.802. The van der Waals surface area contributed by atoms with E-state index in [4.69, 9.17) is 0 Å². The molecule has 0 unspecified atom stereocenters. The van der Waals surface area contributed by atoms with Crippen LogP contribution in [0.1, 0.15) is 33.6 Å². The first-order valence-electron chi connectivity index (χ1n) is 9.31. The number of carbonyl (C=O) groups excluding carboxylic acids is 4. The van der Waals surface area contributed by atoms with E-state index in [-0.39, 0.29) is 0 Å². The molecule has 182 valence electrons. The predicted octanol–water partition coefficient (Wildman–Crippen LogP) is 5.21. The summed E-state index contributed by atoms with van der Waals surface area (Å²) < 4.78 is 112. The Kier molecular flexibility index (Phi) is 7.44. The second-order valence-electron chi connectivity index (χ2n) is 7.08. The summed E-state index contributed by atoms with van der Waals surface area (Å²) in [6.07, 6.45) is -4.01. The fraction of sp³-hybridized carbons (Fsp3) is 0.273. The molecule has 0 aliphatic heterocycles. The topological polar surface area (TPSA) is 68.3 Å². The minimum Gasteiger partial charge on any atom is -0.294 e. The maximum atomic E-state index is 14.0. The van der Waals surface area contributed by atoms with E-state index in [9.17, 15) is 54.3 Å². The summed E-state index contributed by atoms with van der Waals surface area (Å²) in [5.74, 6) is -36.2. The van der Waals surface area contributed by atoms with E-state index in [2.05, 4.69) is 0 Å². The molecular weight excluding hydrogens is 480 g/mol. The molecule has 12 heteroatoms. The summed E-state index contributed by atoms with van der Waals surface area (Å²) in [4.78, 5) is 46.9. The molecule has 0 atom stereocenters. The van der Waals surface area contributed by atoms with E-state index in [0.717, 1.165) is 24.3 Å². The third-order valence-electron chi connectivity index (χ3n) is 4.72. The first kappa shape index (κ1) is 26.8. The Morgan fingerprint density at radius 3 is 1.03 bits per heavy atom. The molecule has 0 heterocycles. The Labute approximate surface area is 186 Å². The predicted molar refractivity (Wildman–Crippen MR) is 101 cm³/mol. The molecule has 2 rings (SSSR count). The molecule has 0 bridgehead atoms. The van der Waals surface area contributed by atoms with Crippen molar-refractivity contribution in [2.24, 2.45) is 0 Å². The fourth-order valence-electron chi connectivity index (χ4n) is 2.71. The molecule has 2 aromatic carbocycles. The Hall–Kier alpha value is -3.44. The van der Waals surface area contributed by atoms with Crippen LogP contribution in [-0.4, -0.2) is 46.8 Å². The first-order chi connectivity index (χ1) is 15.6. The molecule has 34 heavy (non-hydrogen) atoms. The van der Waals surface area contributed by atoms with E-state index in [1.165, 1.54) is 36.4 Å². The van der Waals surface area contributed by atoms with Crippen molar-refractivity contribution in [1.82, 2.24) is 0 Å². The third-order valence-corrected chi connectivity index (χ3v) is 4.72. The molecule has 0 spiro atoms. The number of carbonyl (C=O) groups is 4. The van der Waals surface area contributed by atoms with Crippen molar-refractivity contribution >= 4 is 23.1 Å². The van der Waals surface area contributed by atoms with Crippen LogP contribution >= 0.6 is 0 Å². The number of alkyl halides is 8. The molecule has 4 nitrogen and oxygen atoms in total. The van der Waals surface area contributed by atoms with Crippen molar-refractivity contribution in [3.63, 3.8) is 0 Å². The number of hydrogen-bond acceptors (Lipinski definition) is 4. The summed E-state index contributed by atoms with van der Waals surface area (Å²) in [5, 5.41) is 0. The van der Waals surface area contributed by atoms with Crippen LogP contribution < -0.4 is 0 Å². The van der Waals surface area contributed by atoms with E-state index in [1.54, 1.807) is 0 Å². The van der Waals surface area contributed by atoms with Gasteiger partial charge in [0.25, 0.3) is 0 Å². The summed E-state index contributed by atoms with van der Waals surface area (Å²) in [7, 11) is 0. The van der Waals surface area contributed by atoms with Gasteiger partial charge in [0.05, 0.1) is 12.8 Å². The summed E-state index contributed by atoms with van der Waals surface area (Å²) in [6.45, 7) is 0. The van der Waals surface area contributed by atoms with Gasteiger partial charge in [-0.3, -0.25) is 19.2 Å². The van der Waals surface area contributed by atoms with Crippen LogP contribution in [0.3, 0.4) is 0 Å². The summed E-state index contributed by atoms with van der Waals surface area (Å²) in [6, 6.07) is 11.7. The fourth-order valence-corrected chi connectivity index (χ4v) is 2.71. The monoisotopic (exact) mass is 494 g/mol. The standard InChI is InChI=1S/C22H14F8O4/c23-19(24,17(33)11-15(31)13-7-3-1-4-8-13)21(27,28)22(29,30)20(25,26)18(34)12-16(32)14-9-5-2-6-10-14/h1-10H,11-12H2. The van der Waals surface area contributed by atoms with E-state index >= 15 is 0 Å². The van der Waals surface area contributed by atoms with Crippen LogP contribution in [0.5, 0.6) is 0 Å². The third kappa shape index (κ3) is 4.75. The molecule has 0 radical (unpaired) electrons. The number of halogens is 8. The number of hydrogen-bond donors (Lipinski definition) is 0. The Morgan fingerprint density at radius 1 is 0.500 bits per heavy atom. The van der Waals surface area contributed by atoms with Crippen molar-refractivity contribution < 1.29 is 54.3 Å². The van der Waals surface area contributed by atoms with Gasteiger partial charge in [0, 0.05) is 11.1 Å². The minimum atomic E-state index is -7.09. The molecular formula is C22H14F8O4. The number of Topliss-reactive ketones (excluding diaryl/α,β-unsaturated/α-hetero) is 4. The smallest absolute Gasteiger partial charge is 0.294 e. The highest BCUT2D eigenvalue weighted by molar-refractivity contribution is 6.11. The quantitative estimate of drug-likeness (QED) is 0.244. The number of benzene rings is 2. The van der Waals surface area contributed by atoms with Crippen LogP contribution in [0.4, 0.5) is 35.1 Å². The van der Waals surface area contributed by atoms with Crippen LogP contribution in [-0.2, 0) is 9.59 Å². The van der Waals surface area contributed by atoms with Gasteiger partial charge in [-0.25, -0.2) is 0 Å². The van der Waals surface area contributed by atoms with Crippen molar-refractivity contribution in [3.05, 3.63) is 71.8 Å². The lowest BCUT2D eigenvalue weighted by atomic mass is 9.90. The van der Waals surface area contributed by atoms with Crippen LogP contribution in [0.2, 0.25) is 0 Å². The summed E-state index contributed by atoms with van der Waals surface area (Å²) >= 11 is 0. The van der Waals surface area contributed by atoms with Gasteiger partial charge < -0.3 is 0 Å². The SMILES string of the molecule is O=C(CC(=O)C(F)(F)C(F)(F)C(F)(F)C(F)(F)C(=O)CC(=O)c1ccccc1)c1ccccc1. The van der Waals surface area contributed by atoms with Gasteiger partial charge in [-0.15, -0.1) is 0 Å². The average Bonchev–Trinajstić information content (AvgIpc) is 2.79. The minimum absolute atomic E-state index is 0.401. The Balaban J connectivity index is 2.28. The maximum absolute atomic E-state index is 14.0. The molecule has 2 aromatic rings. The van der Waals surface area contributed by atoms with Crippen molar-refractivity contribution in [3.8, 4) is 0 Å². The van der Waals surface area contributed by atoms with Gasteiger partial charge in [-0.05, 0) is 0 Å². The Morgan fingerprint density at radius 2 is 0.765 bits per heavy atom. The highest BCUT2D eigenvalue weighted by Crippen LogP contribution is 2.53. The lowest BCUT2D eigenvalue weighted by Crippen LogP contribution is -2.66. The van der Waals surface area contributed by atoms with E-state index in [1.807, 2.05) is 0 Å². The zero-order valence-corrected chi connectivity index (χ0v) is 16.8. The molecule has 0 fully saturated rings. The van der Waals surface area contributed by atoms with Crippen LogP contribution in [0.25, 0.3) is 0 Å². The van der Waals surface area contributed by atoms with Gasteiger partial charge in [-0.2, -0.15) is 35.1 Å². The molecule has 0 amide bonds. The number of ketones is 4. The second-order valence-corrected chi connectivity index (χ2v) is 7.08. The lowest BCUT2D eigenvalue weighted by Gasteiger charge is -2.35. The van der Waals surface area contributed by atoms with Gasteiger partial charge in [-0.1, -0.05) is 60.7 Å². The molecule has 0 saturated carbocycles. The Bertz CT molecular complexity index is 995. The molecule has 0 aromatic heterocycles. The van der Waals surface area contributed by atoms with Crippen molar-refractivity contribution in [1.29, 1.82) is 0 Å². The lowest BCUT2D eigenvalue weighted by molar-refractivity contribution is -0.346. The highest BCUT2D eigenvalue weighted by atomic mass is 19.4. The largest absolute Gasteiger partial charge is 0.386 e.